The summed E-state index contributed by atoms with van der Waals surface area (Å²) in [5.41, 5.74) is 1.76. The summed E-state index contributed by atoms with van der Waals surface area (Å²) >= 11 is 4.66. The molecule has 1 saturated heterocycles. The van der Waals surface area contributed by atoms with E-state index in [0.29, 0.717) is 6.54 Å². The van der Waals surface area contributed by atoms with Gasteiger partial charge in [0.25, 0.3) is 0 Å². The number of nitrogens with zero attached hydrogens (tertiary/aromatic N) is 2. The topological polar surface area (TPSA) is 74.3 Å². The lowest BCUT2D eigenvalue weighted by atomic mass is 10.2. The minimum atomic E-state index is -0.125. The zero-order valence-corrected chi connectivity index (χ0v) is 17.9. The maximum absolute atomic E-state index is 12.0. The molecule has 8 heteroatoms. The standard InChI is InChI=1S/C20H23BrN4O2S/c21-16-4-3-5-17(11-16)24-20(27)14-28-13-19(26)23-12-15-6-7-22-18(10-15)25-8-1-2-9-25/h3-7,10-11H,1-2,8-9,12-14H2,(H,23,26)(H,24,27). The van der Waals surface area contributed by atoms with Gasteiger partial charge >= 0.3 is 0 Å². The molecular formula is C20H23BrN4O2S. The van der Waals surface area contributed by atoms with Crippen molar-refractivity contribution >= 4 is 51.0 Å². The summed E-state index contributed by atoms with van der Waals surface area (Å²) in [6, 6.07) is 11.4. The molecule has 1 aliphatic heterocycles. The number of aromatic nitrogens is 1. The van der Waals surface area contributed by atoms with Crippen LogP contribution < -0.4 is 15.5 Å². The summed E-state index contributed by atoms with van der Waals surface area (Å²) in [5.74, 6) is 1.24. The highest BCUT2D eigenvalue weighted by atomic mass is 79.9. The Bertz CT molecular complexity index is 827. The highest BCUT2D eigenvalue weighted by molar-refractivity contribution is 9.10. The average Bonchev–Trinajstić information content (AvgIpc) is 3.21. The Hall–Kier alpha value is -2.06. The first-order valence-corrected chi connectivity index (χ1v) is 11.1. The van der Waals surface area contributed by atoms with Crippen molar-refractivity contribution in [2.24, 2.45) is 0 Å². The molecule has 0 unspecified atom stereocenters. The summed E-state index contributed by atoms with van der Waals surface area (Å²) in [6.07, 6.45) is 4.19. The Morgan fingerprint density at radius 2 is 1.89 bits per heavy atom. The van der Waals surface area contributed by atoms with Crippen molar-refractivity contribution in [2.75, 3.05) is 34.8 Å². The van der Waals surface area contributed by atoms with Crippen molar-refractivity contribution in [3.05, 3.63) is 52.6 Å². The molecule has 1 aromatic carbocycles. The van der Waals surface area contributed by atoms with Gasteiger partial charge in [0.1, 0.15) is 5.82 Å². The second-order valence-corrected chi connectivity index (χ2v) is 8.45. The third kappa shape index (κ3) is 6.53. The Morgan fingerprint density at radius 1 is 1.11 bits per heavy atom. The van der Waals surface area contributed by atoms with Gasteiger partial charge in [0.15, 0.2) is 0 Å². The van der Waals surface area contributed by atoms with Crippen molar-refractivity contribution in [3.8, 4) is 0 Å². The van der Waals surface area contributed by atoms with Gasteiger partial charge in [-0.25, -0.2) is 4.98 Å². The summed E-state index contributed by atoms with van der Waals surface area (Å²) in [4.78, 5) is 30.7. The van der Waals surface area contributed by atoms with Crippen LogP contribution in [0.1, 0.15) is 18.4 Å². The van der Waals surface area contributed by atoms with Crippen LogP contribution in [-0.2, 0) is 16.1 Å². The summed E-state index contributed by atoms with van der Waals surface area (Å²) in [5, 5.41) is 5.72. The average molecular weight is 463 g/mol. The predicted molar refractivity (Wildman–Crippen MR) is 118 cm³/mol. The molecule has 148 valence electrons. The van der Waals surface area contributed by atoms with Gasteiger partial charge in [-0.3, -0.25) is 9.59 Å². The Kier molecular flexibility index (Phi) is 7.73. The molecule has 2 N–H and O–H groups in total. The van der Waals surface area contributed by atoms with E-state index in [4.69, 9.17) is 0 Å². The number of hydrogen-bond donors (Lipinski definition) is 2. The Labute approximate surface area is 177 Å². The van der Waals surface area contributed by atoms with Gasteiger partial charge in [0.2, 0.25) is 11.8 Å². The van der Waals surface area contributed by atoms with Gasteiger partial charge in [-0.2, -0.15) is 0 Å². The van der Waals surface area contributed by atoms with Crippen LogP contribution in [0, 0.1) is 0 Å². The van der Waals surface area contributed by atoms with E-state index in [1.807, 2.05) is 36.4 Å². The lowest BCUT2D eigenvalue weighted by Crippen LogP contribution is -2.26. The fourth-order valence-corrected chi connectivity index (χ4v) is 3.99. The van der Waals surface area contributed by atoms with E-state index in [1.165, 1.54) is 24.6 Å². The number of carbonyl (C=O) groups is 2. The number of halogens is 1. The fraction of sp³-hybridized carbons (Fsp3) is 0.350. The first-order chi connectivity index (χ1) is 13.6. The van der Waals surface area contributed by atoms with Gasteiger partial charge < -0.3 is 15.5 Å². The summed E-state index contributed by atoms with van der Waals surface area (Å²) < 4.78 is 0.904. The fourth-order valence-electron chi connectivity index (χ4n) is 2.94. The van der Waals surface area contributed by atoms with E-state index in [2.05, 4.69) is 36.4 Å². The molecule has 2 amide bonds. The molecule has 0 atom stereocenters. The smallest absolute Gasteiger partial charge is 0.234 e. The minimum absolute atomic E-state index is 0.0835. The highest BCUT2D eigenvalue weighted by Crippen LogP contribution is 2.18. The van der Waals surface area contributed by atoms with E-state index in [9.17, 15) is 9.59 Å². The number of carbonyl (C=O) groups excluding carboxylic acids is 2. The van der Waals surface area contributed by atoms with Crippen LogP contribution in [0.5, 0.6) is 0 Å². The van der Waals surface area contributed by atoms with Crippen LogP contribution in [0.3, 0.4) is 0 Å². The van der Waals surface area contributed by atoms with Crippen LogP contribution in [0.15, 0.2) is 47.1 Å². The van der Waals surface area contributed by atoms with E-state index < -0.39 is 0 Å². The number of anilines is 2. The molecule has 1 aliphatic rings. The third-order valence-electron chi connectivity index (χ3n) is 4.30. The predicted octanol–water partition coefficient (Wildman–Crippen LogP) is 3.43. The molecule has 28 heavy (non-hydrogen) atoms. The lowest BCUT2D eigenvalue weighted by Gasteiger charge is -2.17. The largest absolute Gasteiger partial charge is 0.357 e. The quantitative estimate of drug-likeness (QED) is 0.628. The van der Waals surface area contributed by atoms with E-state index in [1.54, 1.807) is 6.20 Å². The zero-order chi connectivity index (χ0) is 19.8. The molecule has 2 heterocycles. The van der Waals surface area contributed by atoms with Crippen molar-refractivity contribution in [2.45, 2.75) is 19.4 Å². The first kappa shape index (κ1) is 20.7. The second kappa shape index (κ2) is 10.5. The zero-order valence-electron chi connectivity index (χ0n) is 15.5. The molecular weight excluding hydrogens is 440 g/mol. The van der Waals surface area contributed by atoms with Crippen molar-refractivity contribution in [1.29, 1.82) is 0 Å². The number of nitrogens with one attached hydrogen (secondary N) is 2. The monoisotopic (exact) mass is 462 g/mol. The van der Waals surface area contributed by atoms with Gasteiger partial charge in [0, 0.05) is 36.0 Å². The van der Waals surface area contributed by atoms with Crippen molar-refractivity contribution in [3.63, 3.8) is 0 Å². The van der Waals surface area contributed by atoms with Gasteiger partial charge in [0.05, 0.1) is 11.5 Å². The SMILES string of the molecule is O=C(CSCC(=O)Nc1cccc(Br)c1)NCc1ccnc(N2CCCC2)c1. The van der Waals surface area contributed by atoms with Crippen LogP contribution in [0.2, 0.25) is 0 Å². The van der Waals surface area contributed by atoms with Gasteiger partial charge in [-0.1, -0.05) is 22.0 Å². The van der Waals surface area contributed by atoms with Crippen LogP contribution in [-0.4, -0.2) is 41.4 Å². The number of pyridine rings is 1. The van der Waals surface area contributed by atoms with E-state index >= 15 is 0 Å². The summed E-state index contributed by atoms with van der Waals surface area (Å²) in [7, 11) is 0. The highest BCUT2D eigenvalue weighted by Gasteiger charge is 2.13. The van der Waals surface area contributed by atoms with Crippen molar-refractivity contribution in [1.82, 2.24) is 10.3 Å². The lowest BCUT2D eigenvalue weighted by molar-refractivity contribution is -0.118. The molecule has 3 rings (SSSR count). The number of thioether (sulfide) groups is 1. The molecule has 6 nitrogen and oxygen atoms in total. The van der Waals surface area contributed by atoms with Crippen LogP contribution in [0.25, 0.3) is 0 Å². The van der Waals surface area contributed by atoms with Crippen molar-refractivity contribution < 1.29 is 9.59 Å². The molecule has 1 fully saturated rings. The maximum atomic E-state index is 12.0. The molecule has 0 spiro atoms. The molecule has 0 radical (unpaired) electrons. The molecule has 0 saturated carbocycles. The summed E-state index contributed by atoms with van der Waals surface area (Å²) in [6.45, 7) is 2.55. The Balaban J connectivity index is 1.36. The number of hydrogen-bond acceptors (Lipinski definition) is 5. The van der Waals surface area contributed by atoms with Crippen LogP contribution >= 0.6 is 27.7 Å². The van der Waals surface area contributed by atoms with Gasteiger partial charge in [-0.05, 0) is 48.7 Å². The second-order valence-electron chi connectivity index (χ2n) is 6.54. The molecule has 2 aromatic rings. The third-order valence-corrected chi connectivity index (χ3v) is 5.73. The van der Waals surface area contributed by atoms with E-state index in [0.717, 1.165) is 34.6 Å². The number of amides is 2. The molecule has 0 bridgehead atoms. The van der Waals surface area contributed by atoms with Gasteiger partial charge in [-0.15, -0.1) is 11.8 Å². The first-order valence-electron chi connectivity index (χ1n) is 9.20. The number of rotatable bonds is 8. The number of benzene rings is 1. The Morgan fingerprint density at radius 3 is 2.68 bits per heavy atom. The maximum Gasteiger partial charge on any atom is 0.234 e. The minimum Gasteiger partial charge on any atom is -0.357 e. The normalized spacial score (nSPS) is 13.4. The van der Waals surface area contributed by atoms with E-state index in [-0.39, 0.29) is 23.3 Å². The molecule has 0 aliphatic carbocycles. The molecule has 1 aromatic heterocycles. The van der Waals surface area contributed by atoms with Crippen LogP contribution in [0.4, 0.5) is 11.5 Å².